The van der Waals surface area contributed by atoms with Crippen molar-refractivity contribution in [2.45, 2.75) is 19.3 Å². The Morgan fingerprint density at radius 1 is 1.20 bits per heavy atom. The lowest BCUT2D eigenvalue weighted by molar-refractivity contribution is -0.145. The van der Waals surface area contributed by atoms with Gasteiger partial charge < -0.3 is 14.5 Å². The molecular formula is C14H25N3O3. The van der Waals surface area contributed by atoms with Crippen molar-refractivity contribution in [1.29, 1.82) is 0 Å². The van der Waals surface area contributed by atoms with Crippen molar-refractivity contribution in [2.75, 3.05) is 59.5 Å². The molecule has 20 heavy (non-hydrogen) atoms. The first-order valence-electron chi connectivity index (χ1n) is 7.49. The zero-order valence-electron chi connectivity index (χ0n) is 12.3. The summed E-state index contributed by atoms with van der Waals surface area (Å²) in [6.07, 6.45) is 2.37. The highest BCUT2D eigenvalue weighted by atomic mass is 16.5. The third-order valence-electron chi connectivity index (χ3n) is 3.96. The molecule has 0 N–H and O–H groups in total. The predicted molar refractivity (Wildman–Crippen MR) is 75.3 cm³/mol. The number of amides is 1. The van der Waals surface area contributed by atoms with Gasteiger partial charge in [0.25, 0.3) is 0 Å². The molecule has 0 atom stereocenters. The summed E-state index contributed by atoms with van der Waals surface area (Å²) in [5.41, 5.74) is 0. The van der Waals surface area contributed by atoms with Crippen molar-refractivity contribution < 1.29 is 14.3 Å². The number of hydrogen-bond donors (Lipinski definition) is 0. The van der Waals surface area contributed by atoms with Gasteiger partial charge in [-0.1, -0.05) is 0 Å². The van der Waals surface area contributed by atoms with E-state index in [0.717, 1.165) is 45.6 Å². The summed E-state index contributed by atoms with van der Waals surface area (Å²) in [5.74, 6) is 0.0797. The molecule has 0 saturated carbocycles. The molecule has 0 radical (unpaired) electrons. The number of nitrogens with zero attached hydrogens (tertiary/aromatic N) is 3. The van der Waals surface area contributed by atoms with Gasteiger partial charge in [0.1, 0.15) is 0 Å². The molecule has 0 bridgehead atoms. The molecule has 2 saturated heterocycles. The van der Waals surface area contributed by atoms with E-state index >= 15 is 0 Å². The second-order valence-electron chi connectivity index (χ2n) is 5.64. The van der Waals surface area contributed by atoms with Crippen LogP contribution in [0.25, 0.3) is 0 Å². The van der Waals surface area contributed by atoms with Crippen LogP contribution in [0.1, 0.15) is 19.3 Å². The Labute approximate surface area is 120 Å². The first kappa shape index (κ1) is 15.3. The fourth-order valence-electron chi connectivity index (χ4n) is 2.62. The summed E-state index contributed by atoms with van der Waals surface area (Å²) in [7, 11) is 2.09. The second kappa shape index (κ2) is 7.59. The molecule has 0 aromatic rings. The number of carbonyl (C=O) groups is 2. The number of ether oxygens (including phenoxy) is 1. The number of likely N-dealkylation sites (N-methyl/N-ethyl adjacent to an activating group) is 1. The lowest BCUT2D eigenvalue weighted by atomic mass is 10.3. The highest BCUT2D eigenvalue weighted by Gasteiger charge is 2.20. The van der Waals surface area contributed by atoms with Crippen molar-refractivity contribution in [3.63, 3.8) is 0 Å². The van der Waals surface area contributed by atoms with Crippen LogP contribution in [0.4, 0.5) is 0 Å². The summed E-state index contributed by atoms with van der Waals surface area (Å²) in [5, 5.41) is 0. The van der Waals surface area contributed by atoms with Gasteiger partial charge in [-0.25, -0.2) is 0 Å². The van der Waals surface area contributed by atoms with Crippen LogP contribution >= 0.6 is 0 Å². The fourth-order valence-corrected chi connectivity index (χ4v) is 2.62. The van der Waals surface area contributed by atoms with Crippen molar-refractivity contribution in [2.24, 2.45) is 0 Å². The van der Waals surface area contributed by atoms with Gasteiger partial charge in [0, 0.05) is 45.7 Å². The van der Waals surface area contributed by atoms with Gasteiger partial charge in [-0.2, -0.15) is 0 Å². The summed E-state index contributed by atoms with van der Waals surface area (Å²) in [6, 6.07) is 0. The van der Waals surface area contributed by atoms with E-state index in [1.807, 2.05) is 4.90 Å². The van der Waals surface area contributed by atoms with Crippen LogP contribution in [0.5, 0.6) is 0 Å². The van der Waals surface area contributed by atoms with E-state index in [9.17, 15) is 9.59 Å². The average molecular weight is 283 g/mol. The van der Waals surface area contributed by atoms with Crippen LogP contribution in [0.2, 0.25) is 0 Å². The average Bonchev–Trinajstić information content (AvgIpc) is 2.83. The minimum Gasteiger partial charge on any atom is -0.465 e. The van der Waals surface area contributed by atoms with Crippen molar-refractivity contribution in [3.05, 3.63) is 0 Å². The third-order valence-corrected chi connectivity index (χ3v) is 3.96. The monoisotopic (exact) mass is 283 g/mol. The topological polar surface area (TPSA) is 53.1 Å². The van der Waals surface area contributed by atoms with Crippen LogP contribution in [-0.2, 0) is 14.3 Å². The lowest BCUT2D eigenvalue weighted by Crippen LogP contribution is -2.46. The van der Waals surface area contributed by atoms with Crippen molar-refractivity contribution in [3.8, 4) is 0 Å². The van der Waals surface area contributed by atoms with E-state index in [1.165, 1.54) is 0 Å². The van der Waals surface area contributed by atoms with Crippen LogP contribution in [0, 0.1) is 0 Å². The zero-order chi connectivity index (χ0) is 14.4. The van der Waals surface area contributed by atoms with Gasteiger partial charge in [-0.05, 0) is 19.9 Å². The molecule has 1 amide bonds. The van der Waals surface area contributed by atoms with Gasteiger partial charge in [-0.15, -0.1) is 0 Å². The third kappa shape index (κ3) is 4.76. The molecule has 0 aromatic heterocycles. The zero-order valence-corrected chi connectivity index (χ0v) is 12.3. The van der Waals surface area contributed by atoms with Gasteiger partial charge in [-0.3, -0.25) is 14.5 Å². The molecular weight excluding hydrogens is 258 g/mol. The Balaban J connectivity index is 1.53. The molecule has 2 heterocycles. The SMILES string of the molecule is CN1CCN(CC(=O)OCCCN2CCCC2=O)CC1. The van der Waals surface area contributed by atoms with E-state index in [4.69, 9.17) is 4.74 Å². The minimum atomic E-state index is -0.151. The smallest absolute Gasteiger partial charge is 0.320 e. The van der Waals surface area contributed by atoms with E-state index < -0.39 is 0 Å². The molecule has 0 aliphatic carbocycles. The molecule has 6 nitrogen and oxygen atoms in total. The standard InChI is InChI=1S/C14H25N3O3/c1-15-7-9-16(10-8-15)12-14(19)20-11-3-6-17-5-2-4-13(17)18/h2-12H2,1H3. The number of likely N-dealkylation sites (tertiary alicyclic amines) is 1. The van der Waals surface area contributed by atoms with Crippen molar-refractivity contribution >= 4 is 11.9 Å². The maximum absolute atomic E-state index is 11.7. The Bertz CT molecular complexity index is 341. The summed E-state index contributed by atoms with van der Waals surface area (Å²) < 4.78 is 5.23. The number of carbonyl (C=O) groups excluding carboxylic acids is 2. The number of esters is 1. The molecule has 2 fully saturated rings. The fraction of sp³-hybridized carbons (Fsp3) is 0.857. The Morgan fingerprint density at radius 2 is 1.95 bits per heavy atom. The molecule has 0 spiro atoms. The van der Waals surface area contributed by atoms with Crippen LogP contribution in [0.3, 0.4) is 0 Å². The Morgan fingerprint density at radius 3 is 2.60 bits per heavy atom. The number of hydrogen-bond acceptors (Lipinski definition) is 5. The van der Waals surface area contributed by atoms with Crippen LogP contribution < -0.4 is 0 Å². The first-order chi connectivity index (χ1) is 9.65. The van der Waals surface area contributed by atoms with E-state index in [-0.39, 0.29) is 11.9 Å². The quantitative estimate of drug-likeness (QED) is 0.499. The van der Waals surface area contributed by atoms with Gasteiger partial charge in [0.15, 0.2) is 0 Å². The molecule has 2 aliphatic rings. The van der Waals surface area contributed by atoms with Gasteiger partial charge in [0.05, 0.1) is 13.2 Å². The molecule has 2 rings (SSSR count). The molecule has 114 valence electrons. The highest BCUT2D eigenvalue weighted by molar-refractivity contribution is 5.78. The van der Waals surface area contributed by atoms with E-state index in [1.54, 1.807) is 0 Å². The largest absolute Gasteiger partial charge is 0.465 e. The summed E-state index contributed by atoms with van der Waals surface area (Å²) in [4.78, 5) is 29.3. The molecule has 0 unspecified atom stereocenters. The second-order valence-corrected chi connectivity index (χ2v) is 5.64. The number of piperazine rings is 1. The number of rotatable bonds is 6. The maximum Gasteiger partial charge on any atom is 0.320 e. The Kier molecular flexibility index (Phi) is 5.79. The maximum atomic E-state index is 11.7. The Hall–Kier alpha value is -1.14. The summed E-state index contributed by atoms with van der Waals surface area (Å²) >= 11 is 0. The van der Waals surface area contributed by atoms with Crippen LogP contribution in [0.15, 0.2) is 0 Å². The minimum absolute atomic E-state index is 0.151. The van der Waals surface area contributed by atoms with E-state index in [2.05, 4.69) is 16.8 Å². The highest BCUT2D eigenvalue weighted by Crippen LogP contribution is 2.09. The molecule has 2 aliphatic heterocycles. The predicted octanol–water partition coefficient (Wildman–Crippen LogP) is -0.210. The summed E-state index contributed by atoms with van der Waals surface area (Å²) in [6.45, 7) is 6.22. The van der Waals surface area contributed by atoms with Crippen LogP contribution in [-0.4, -0.2) is 86.0 Å². The first-order valence-corrected chi connectivity index (χ1v) is 7.49. The molecule has 6 heteroatoms. The van der Waals surface area contributed by atoms with Gasteiger partial charge in [0.2, 0.25) is 5.91 Å². The normalized spacial score (nSPS) is 21.4. The van der Waals surface area contributed by atoms with Gasteiger partial charge >= 0.3 is 5.97 Å². The van der Waals surface area contributed by atoms with E-state index in [0.29, 0.717) is 26.1 Å². The van der Waals surface area contributed by atoms with Crippen molar-refractivity contribution in [1.82, 2.24) is 14.7 Å². The lowest BCUT2D eigenvalue weighted by Gasteiger charge is -2.31. The molecule has 0 aromatic carbocycles.